The highest BCUT2D eigenvalue weighted by molar-refractivity contribution is 6.18. The van der Waals surface area contributed by atoms with Gasteiger partial charge in [-0.2, -0.15) is 0 Å². The molecule has 6 aromatic carbocycles. The fourth-order valence-corrected chi connectivity index (χ4v) is 6.43. The summed E-state index contributed by atoms with van der Waals surface area (Å²) in [6.45, 7) is 6.79. The molecular formula is C42H33N3. The molecule has 0 aliphatic rings. The van der Waals surface area contributed by atoms with Crippen LogP contribution in [-0.2, 0) is 5.41 Å². The van der Waals surface area contributed by atoms with Crippen molar-refractivity contribution in [3.63, 3.8) is 0 Å². The van der Waals surface area contributed by atoms with Crippen molar-refractivity contribution in [1.82, 2.24) is 14.5 Å². The molecule has 2 aromatic heterocycles. The Kier molecular flexibility index (Phi) is 6.35. The van der Waals surface area contributed by atoms with Crippen LogP contribution in [0.25, 0.3) is 71.9 Å². The van der Waals surface area contributed by atoms with Crippen LogP contribution >= 0.6 is 0 Å². The van der Waals surface area contributed by atoms with Gasteiger partial charge in [-0.05, 0) is 68.4 Å². The van der Waals surface area contributed by atoms with Crippen LogP contribution in [0.3, 0.4) is 0 Å². The van der Waals surface area contributed by atoms with E-state index in [9.17, 15) is 0 Å². The molecule has 0 radical (unpaired) electrons. The lowest BCUT2D eigenvalue weighted by Crippen LogP contribution is -2.10. The summed E-state index contributed by atoms with van der Waals surface area (Å²) in [5, 5.41) is 4.84. The van der Waals surface area contributed by atoms with Crippen LogP contribution in [0.4, 0.5) is 0 Å². The topological polar surface area (TPSA) is 30.7 Å². The van der Waals surface area contributed by atoms with Crippen LogP contribution in [0, 0.1) is 0 Å². The average Bonchev–Trinajstić information content (AvgIpc) is 3.43. The monoisotopic (exact) mass is 579 g/mol. The Balaban J connectivity index is 1.23. The van der Waals surface area contributed by atoms with E-state index < -0.39 is 0 Å². The summed E-state index contributed by atoms with van der Waals surface area (Å²) in [5.41, 5.74) is 10.5. The predicted octanol–water partition coefficient (Wildman–Crippen LogP) is 11.0. The van der Waals surface area contributed by atoms with Gasteiger partial charge in [0, 0.05) is 34.1 Å². The van der Waals surface area contributed by atoms with Gasteiger partial charge in [-0.1, -0.05) is 130 Å². The summed E-state index contributed by atoms with van der Waals surface area (Å²) in [5.74, 6) is 0.672. The Bertz CT molecular complexity index is 2340. The van der Waals surface area contributed by atoms with Crippen molar-refractivity contribution in [3.8, 4) is 39.3 Å². The Morgan fingerprint density at radius 2 is 1.07 bits per heavy atom. The maximum Gasteiger partial charge on any atom is 0.234 e. The van der Waals surface area contributed by atoms with Crippen LogP contribution in [-0.4, -0.2) is 14.5 Å². The average molecular weight is 580 g/mol. The van der Waals surface area contributed by atoms with Gasteiger partial charge in [0.15, 0.2) is 0 Å². The number of hydrogen-bond acceptors (Lipinski definition) is 2. The summed E-state index contributed by atoms with van der Waals surface area (Å²) in [6, 6.07) is 47.7. The van der Waals surface area contributed by atoms with Crippen molar-refractivity contribution in [2.75, 3.05) is 0 Å². The minimum atomic E-state index is 0.0506. The zero-order valence-corrected chi connectivity index (χ0v) is 25.7. The van der Waals surface area contributed by atoms with Crippen molar-refractivity contribution in [3.05, 3.63) is 151 Å². The molecule has 2 heterocycles. The fraction of sp³-hybridized carbons (Fsp3) is 0.0952. The molecule has 0 bridgehead atoms. The first-order valence-electron chi connectivity index (χ1n) is 15.5. The van der Waals surface area contributed by atoms with Gasteiger partial charge in [0.2, 0.25) is 5.95 Å². The maximum absolute atomic E-state index is 4.98. The highest BCUT2D eigenvalue weighted by atomic mass is 15.1. The minimum absolute atomic E-state index is 0.0506. The minimum Gasteiger partial charge on any atom is -0.277 e. The van der Waals surface area contributed by atoms with Gasteiger partial charge in [-0.15, -0.1) is 0 Å². The van der Waals surface area contributed by atoms with Gasteiger partial charge in [0.25, 0.3) is 0 Å². The summed E-state index contributed by atoms with van der Waals surface area (Å²) < 4.78 is 2.23. The van der Waals surface area contributed by atoms with Crippen LogP contribution in [0.15, 0.2) is 146 Å². The molecule has 0 aliphatic heterocycles. The SMILES string of the molecule is CC(C)(C)c1ccc2c(c1)c1ccc3ccccc3c1n2-c1ncc(-c2cccc(-c3cccc(-c4ccccc4)c3)c2)cn1. The van der Waals surface area contributed by atoms with Gasteiger partial charge in [-0.3, -0.25) is 4.57 Å². The highest BCUT2D eigenvalue weighted by Crippen LogP contribution is 2.38. The maximum atomic E-state index is 4.98. The molecular weight excluding hydrogens is 546 g/mol. The van der Waals surface area contributed by atoms with Crippen molar-refractivity contribution < 1.29 is 0 Å². The first-order valence-corrected chi connectivity index (χ1v) is 15.5. The van der Waals surface area contributed by atoms with Crippen LogP contribution in [0.2, 0.25) is 0 Å². The van der Waals surface area contributed by atoms with E-state index in [-0.39, 0.29) is 5.41 Å². The van der Waals surface area contributed by atoms with Crippen LogP contribution in [0.1, 0.15) is 26.3 Å². The molecule has 0 saturated carbocycles. The summed E-state index contributed by atoms with van der Waals surface area (Å²) >= 11 is 0. The highest BCUT2D eigenvalue weighted by Gasteiger charge is 2.20. The molecule has 0 unspecified atom stereocenters. The molecule has 3 heteroatoms. The fourth-order valence-electron chi connectivity index (χ4n) is 6.43. The molecule has 0 aliphatic carbocycles. The van der Waals surface area contributed by atoms with Crippen molar-refractivity contribution in [2.45, 2.75) is 26.2 Å². The largest absolute Gasteiger partial charge is 0.277 e. The normalized spacial score (nSPS) is 11.9. The zero-order chi connectivity index (χ0) is 30.5. The Hall–Kier alpha value is -5.54. The lowest BCUT2D eigenvalue weighted by molar-refractivity contribution is 0.591. The zero-order valence-electron chi connectivity index (χ0n) is 25.7. The number of benzene rings is 6. The number of fused-ring (bicyclic) bond motifs is 5. The van der Waals surface area contributed by atoms with Crippen molar-refractivity contribution in [1.29, 1.82) is 0 Å². The second-order valence-corrected chi connectivity index (χ2v) is 12.8. The third kappa shape index (κ3) is 4.78. The van der Waals surface area contributed by atoms with Crippen molar-refractivity contribution in [2.24, 2.45) is 0 Å². The Labute approximate surface area is 263 Å². The number of nitrogens with zero attached hydrogens (tertiary/aromatic N) is 3. The van der Waals surface area contributed by atoms with E-state index in [0.29, 0.717) is 5.95 Å². The Morgan fingerprint density at radius 1 is 0.467 bits per heavy atom. The number of aromatic nitrogens is 3. The summed E-state index contributed by atoms with van der Waals surface area (Å²) in [4.78, 5) is 9.97. The Morgan fingerprint density at radius 3 is 1.76 bits per heavy atom. The molecule has 0 fully saturated rings. The van der Waals surface area contributed by atoms with E-state index in [0.717, 1.165) is 27.7 Å². The van der Waals surface area contributed by atoms with Crippen LogP contribution < -0.4 is 0 Å². The van der Waals surface area contributed by atoms with E-state index in [4.69, 9.17) is 9.97 Å². The molecule has 0 amide bonds. The third-order valence-corrected chi connectivity index (χ3v) is 8.85. The summed E-state index contributed by atoms with van der Waals surface area (Å²) in [6.07, 6.45) is 3.91. The molecule has 8 rings (SSSR count). The van der Waals surface area contributed by atoms with Gasteiger partial charge in [0.1, 0.15) is 0 Å². The lowest BCUT2D eigenvalue weighted by atomic mass is 9.86. The second kappa shape index (κ2) is 10.6. The standard InChI is InChI=1S/C42H33N3/c1-42(2,3)35-20-22-39-38(25-35)37-21-19-29-13-7-8-18-36(29)40(37)45(39)41-43-26-34(27-44-41)33-17-10-16-32(24-33)31-15-9-14-30(23-31)28-11-5-4-6-12-28/h4-27H,1-3H3. The summed E-state index contributed by atoms with van der Waals surface area (Å²) in [7, 11) is 0. The van der Waals surface area contributed by atoms with E-state index in [1.807, 2.05) is 12.4 Å². The second-order valence-electron chi connectivity index (χ2n) is 12.8. The van der Waals surface area contributed by atoms with Crippen molar-refractivity contribution >= 4 is 32.6 Å². The lowest BCUT2D eigenvalue weighted by Gasteiger charge is -2.19. The molecule has 216 valence electrons. The first kappa shape index (κ1) is 27.0. The van der Waals surface area contributed by atoms with Crippen LogP contribution in [0.5, 0.6) is 0 Å². The van der Waals surface area contributed by atoms with E-state index in [1.165, 1.54) is 43.8 Å². The van der Waals surface area contributed by atoms with E-state index in [2.05, 4.69) is 159 Å². The van der Waals surface area contributed by atoms with Gasteiger partial charge in [0.05, 0.1) is 11.0 Å². The molecule has 8 aromatic rings. The number of rotatable bonds is 4. The smallest absolute Gasteiger partial charge is 0.234 e. The quantitative estimate of drug-likeness (QED) is 0.208. The first-order chi connectivity index (χ1) is 21.9. The predicted molar refractivity (Wildman–Crippen MR) is 189 cm³/mol. The number of hydrogen-bond donors (Lipinski definition) is 0. The van der Waals surface area contributed by atoms with Gasteiger partial charge >= 0.3 is 0 Å². The molecule has 0 spiro atoms. The molecule has 45 heavy (non-hydrogen) atoms. The molecule has 0 saturated heterocycles. The molecule has 0 N–H and O–H groups in total. The van der Waals surface area contributed by atoms with E-state index in [1.54, 1.807) is 0 Å². The molecule has 3 nitrogen and oxygen atoms in total. The molecule has 0 atom stereocenters. The van der Waals surface area contributed by atoms with E-state index >= 15 is 0 Å². The van der Waals surface area contributed by atoms with Gasteiger partial charge < -0.3 is 0 Å². The third-order valence-electron chi connectivity index (χ3n) is 8.85. The van der Waals surface area contributed by atoms with Gasteiger partial charge in [-0.25, -0.2) is 9.97 Å².